The van der Waals surface area contributed by atoms with E-state index in [1.807, 2.05) is 18.2 Å². The van der Waals surface area contributed by atoms with Crippen LogP contribution >= 0.6 is 0 Å². The molecule has 0 atom stereocenters. The molecule has 1 aliphatic rings. The molecule has 0 aliphatic carbocycles. The van der Waals surface area contributed by atoms with Crippen LogP contribution in [0.3, 0.4) is 0 Å². The molecule has 0 aromatic heterocycles. The Morgan fingerprint density at radius 1 is 1.44 bits per heavy atom. The fourth-order valence-corrected chi connectivity index (χ4v) is 1.87. The predicted octanol–water partition coefficient (Wildman–Crippen LogP) is 1.94. The van der Waals surface area contributed by atoms with E-state index in [9.17, 15) is 4.79 Å². The van der Waals surface area contributed by atoms with E-state index in [1.54, 1.807) is 12.0 Å². The number of benzene rings is 1. The van der Waals surface area contributed by atoms with Gasteiger partial charge >= 0.3 is 0 Å². The summed E-state index contributed by atoms with van der Waals surface area (Å²) in [6, 6.07) is 8.03. The van der Waals surface area contributed by atoms with Crippen molar-refractivity contribution >= 4 is 12.0 Å². The Balaban J connectivity index is 2.18. The van der Waals surface area contributed by atoms with Crippen molar-refractivity contribution in [2.75, 3.05) is 20.2 Å². The second kappa shape index (κ2) is 4.84. The average Bonchev–Trinajstić information content (AvgIpc) is 2.39. The van der Waals surface area contributed by atoms with E-state index in [-0.39, 0.29) is 0 Å². The Kier molecular flexibility index (Phi) is 3.25. The summed E-state index contributed by atoms with van der Waals surface area (Å²) >= 11 is 0. The Morgan fingerprint density at radius 2 is 2.31 bits per heavy atom. The van der Waals surface area contributed by atoms with Gasteiger partial charge in [-0.25, -0.2) is 0 Å². The molecule has 1 aliphatic heterocycles. The summed E-state index contributed by atoms with van der Waals surface area (Å²) in [6.07, 6.45) is 3.91. The summed E-state index contributed by atoms with van der Waals surface area (Å²) in [5.74, 6) is 0.871. The van der Waals surface area contributed by atoms with E-state index in [4.69, 9.17) is 4.74 Å². The zero-order valence-corrected chi connectivity index (χ0v) is 9.35. The molecule has 3 nitrogen and oxygen atoms in total. The topological polar surface area (TPSA) is 29.5 Å². The van der Waals surface area contributed by atoms with Gasteiger partial charge in [-0.3, -0.25) is 4.79 Å². The standard InChI is InChI=1S/C13H15NO2/c1-16-13-4-2-3-12(9-13)11-5-7-14(10-15)8-6-11/h2-5,9-10H,6-8H2,1H3. The van der Waals surface area contributed by atoms with Crippen LogP contribution in [-0.2, 0) is 4.79 Å². The lowest BCUT2D eigenvalue weighted by atomic mass is 9.99. The van der Waals surface area contributed by atoms with Crippen LogP contribution < -0.4 is 4.74 Å². The molecule has 1 amide bonds. The molecular weight excluding hydrogens is 202 g/mol. The minimum absolute atomic E-state index is 0.704. The molecular formula is C13H15NO2. The number of hydrogen-bond acceptors (Lipinski definition) is 2. The SMILES string of the molecule is COc1cccc(C2=CCN(C=O)CC2)c1. The van der Waals surface area contributed by atoms with Crippen molar-refractivity contribution in [3.05, 3.63) is 35.9 Å². The van der Waals surface area contributed by atoms with Crippen molar-refractivity contribution in [2.45, 2.75) is 6.42 Å². The van der Waals surface area contributed by atoms with Crippen LogP contribution in [0.1, 0.15) is 12.0 Å². The van der Waals surface area contributed by atoms with Crippen molar-refractivity contribution in [1.29, 1.82) is 0 Å². The molecule has 0 saturated carbocycles. The number of amides is 1. The third-order valence-electron chi connectivity index (χ3n) is 2.83. The van der Waals surface area contributed by atoms with Gasteiger partial charge in [-0.05, 0) is 29.7 Å². The minimum Gasteiger partial charge on any atom is -0.497 e. The summed E-state index contributed by atoms with van der Waals surface area (Å²) in [4.78, 5) is 12.3. The van der Waals surface area contributed by atoms with Crippen LogP contribution in [0, 0.1) is 0 Å². The van der Waals surface area contributed by atoms with Crippen LogP contribution in [0.5, 0.6) is 5.75 Å². The summed E-state index contributed by atoms with van der Waals surface area (Å²) in [7, 11) is 1.67. The van der Waals surface area contributed by atoms with Gasteiger partial charge in [0.2, 0.25) is 6.41 Å². The first-order valence-electron chi connectivity index (χ1n) is 5.36. The first kappa shape index (κ1) is 10.7. The van der Waals surface area contributed by atoms with Gasteiger partial charge < -0.3 is 9.64 Å². The Hall–Kier alpha value is -1.77. The molecule has 16 heavy (non-hydrogen) atoms. The predicted molar refractivity (Wildman–Crippen MR) is 63.2 cm³/mol. The highest BCUT2D eigenvalue weighted by Crippen LogP contribution is 2.24. The number of carbonyl (C=O) groups excluding carboxylic acids is 1. The van der Waals surface area contributed by atoms with Crippen molar-refractivity contribution in [3.63, 3.8) is 0 Å². The first-order chi connectivity index (χ1) is 7.83. The average molecular weight is 217 g/mol. The number of ether oxygens (including phenoxy) is 1. The number of carbonyl (C=O) groups is 1. The molecule has 84 valence electrons. The number of nitrogens with zero attached hydrogens (tertiary/aromatic N) is 1. The Labute approximate surface area is 95.3 Å². The van der Waals surface area contributed by atoms with Crippen LogP contribution in [-0.4, -0.2) is 31.5 Å². The molecule has 1 aromatic rings. The minimum atomic E-state index is 0.704. The quantitative estimate of drug-likeness (QED) is 0.724. The molecule has 0 radical (unpaired) electrons. The summed E-state index contributed by atoms with van der Waals surface area (Å²) in [5, 5.41) is 0. The third-order valence-corrected chi connectivity index (χ3v) is 2.83. The normalized spacial score (nSPS) is 15.6. The van der Waals surface area contributed by atoms with E-state index >= 15 is 0 Å². The smallest absolute Gasteiger partial charge is 0.209 e. The van der Waals surface area contributed by atoms with Gasteiger partial charge in [-0.2, -0.15) is 0 Å². The van der Waals surface area contributed by atoms with Gasteiger partial charge in [0.15, 0.2) is 0 Å². The van der Waals surface area contributed by atoms with Crippen LogP contribution in [0.25, 0.3) is 5.57 Å². The lowest BCUT2D eigenvalue weighted by molar-refractivity contribution is -0.117. The van der Waals surface area contributed by atoms with Gasteiger partial charge in [-0.15, -0.1) is 0 Å². The second-order valence-corrected chi connectivity index (χ2v) is 3.81. The lowest BCUT2D eigenvalue weighted by Crippen LogP contribution is -2.26. The number of hydrogen-bond donors (Lipinski definition) is 0. The van der Waals surface area contributed by atoms with Crippen molar-refractivity contribution < 1.29 is 9.53 Å². The summed E-state index contributed by atoms with van der Waals surface area (Å²) in [6.45, 7) is 1.50. The highest BCUT2D eigenvalue weighted by atomic mass is 16.5. The third kappa shape index (κ3) is 2.24. The van der Waals surface area contributed by atoms with Gasteiger partial charge in [0.05, 0.1) is 7.11 Å². The van der Waals surface area contributed by atoms with E-state index < -0.39 is 0 Å². The highest BCUT2D eigenvalue weighted by Gasteiger charge is 2.11. The maximum atomic E-state index is 10.6. The fraction of sp³-hybridized carbons (Fsp3) is 0.308. The van der Waals surface area contributed by atoms with Gasteiger partial charge in [0, 0.05) is 13.1 Å². The molecule has 0 spiro atoms. The van der Waals surface area contributed by atoms with Crippen molar-refractivity contribution in [2.24, 2.45) is 0 Å². The molecule has 0 saturated heterocycles. The molecule has 0 fully saturated rings. The van der Waals surface area contributed by atoms with Crippen LogP contribution in [0.2, 0.25) is 0 Å². The maximum Gasteiger partial charge on any atom is 0.209 e. The van der Waals surface area contributed by atoms with Gasteiger partial charge in [0.25, 0.3) is 0 Å². The lowest BCUT2D eigenvalue weighted by Gasteiger charge is -2.22. The van der Waals surface area contributed by atoms with E-state index in [2.05, 4.69) is 12.1 Å². The van der Waals surface area contributed by atoms with Crippen molar-refractivity contribution in [1.82, 2.24) is 4.90 Å². The Bertz CT molecular complexity index is 412. The molecule has 0 unspecified atom stereocenters. The van der Waals surface area contributed by atoms with Gasteiger partial charge in [-0.1, -0.05) is 18.2 Å². The van der Waals surface area contributed by atoms with Crippen LogP contribution in [0.15, 0.2) is 30.3 Å². The fourth-order valence-electron chi connectivity index (χ4n) is 1.87. The molecule has 2 rings (SSSR count). The number of methoxy groups -OCH3 is 1. The largest absolute Gasteiger partial charge is 0.497 e. The second-order valence-electron chi connectivity index (χ2n) is 3.81. The molecule has 1 aromatic carbocycles. The Morgan fingerprint density at radius 3 is 2.94 bits per heavy atom. The van der Waals surface area contributed by atoms with E-state index in [0.717, 1.165) is 25.1 Å². The molecule has 1 heterocycles. The summed E-state index contributed by atoms with van der Waals surface area (Å²) < 4.78 is 5.19. The van der Waals surface area contributed by atoms with Gasteiger partial charge in [0.1, 0.15) is 5.75 Å². The highest BCUT2D eigenvalue weighted by molar-refractivity contribution is 5.68. The van der Waals surface area contributed by atoms with E-state index in [0.29, 0.717) is 6.54 Å². The first-order valence-corrected chi connectivity index (χ1v) is 5.36. The van der Waals surface area contributed by atoms with Crippen molar-refractivity contribution in [3.8, 4) is 5.75 Å². The monoisotopic (exact) mass is 217 g/mol. The zero-order valence-electron chi connectivity index (χ0n) is 9.35. The van der Waals surface area contributed by atoms with E-state index in [1.165, 1.54) is 11.1 Å². The zero-order chi connectivity index (χ0) is 11.4. The summed E-state index contributed by atoms with van der Waals surface area (Å²) in [5.41, 5.74) is 2.47. The molecule has 0 N–H and O–H groups in total. The van der Waals surface area contributed by atoms with Crippen LogP contribution in [0.4, 0.5) is 0 Å². The molecule has 3 heteroatoms. The maximum absolute atomic E-state index is 10.6. The molecule has 0 bridgehead atoms. The number of rotatable bonds is 3.